The fraction of sp³-hybridized carbons (Fsp3) is 0.333. The highest BCUT2D eigenvalue weighted by Crippen LogP contribution is 2.54. The third kappa shape index (κ3) is 7.40. The summed E-state index contributed by atoms with van der Waals surface area (Å²) in [6.07, 6.45) is 0. The molecular formula is C45H46BrF6NO2. The van der Waals surface area contributed by atoms with Crippen molar-refractivity contribution in [1.29, 1.82) is 0 Å². The molecule has 1 aliphatic rings. The minimum Gasteiger partial charge on any atom is -1.00 e. The van der Waals surface area contributed by atoms with Gasteiger partial charge in [-0.05, 0) is 76.4 Å². The predicted octanol–water partition coefficient (Wildman–Crippen LogP) is 9.36. The summed E-state index contributed by atoms with van der Waals surface area (Å²) in [5.74, 6) is -7.74. The SMILES string of the molecule is COc1c(C(C)(C)C)cc2c(c1-c1cc(F)c(F)c(F)c1)C[N+](C)([C@H](C)c1ccccc1)Cc1c-2cc(C(C)(C)C)c(OC)c1-c1cc(F)c(F)c(F)c1.[Br-]. The highest BCUT2D eigenvalue weighted by Gasteiger charge is 2.42. The summed E-state index contributed by atoms with van der Waals surface area (Å²) in [6.45, 7) is 14.6. The maximum Gasteiger partial charge on any atom is 0.194 e. The van der Waals surface area contributed by atoms with Crippen molar-refractivity contribution >= 4 is 0 Å². The van der Waals surface area contributed by atoms with Gasteiger partial charge in [-0.3, -0.25) is 0 Å². The minimum absolute atomic E-state index is 0. The summed E-state index contributed by atoms with van der Waals surface area (Å²) in [6, 6.07) is 17.6. The van der Waals surface area contributed by atoms with Crippen LogP contribution < -0.4 is 26.5 Å². The number of methoxy groups -OCH3 is 2. The first kappa shape index (κ1) is 41.9. The Morgan fingerprint density at radius 3 is 1.24 bits per heavy atom. The first-order valence-electron chi connectivity index (χ1n) is 17.9. The second-order valence-corrected chi connectivity index (χ2v) is 16.6. The molecular weight excluding hydrogens is 780 g/mol. The molecule has 0 radical (unpaired) electrons. The van der Waals surface area contributed by atoms with E-state index in [1.54, 1.807) is 0 Å². The Hall–Kier alpha value is -4.28. The molecule has 5 aromatic carbocycles. The summed E-state index contributed by atoms with van der Waals surface area (Å²) >= 11 is 0. The van der Waals surface area contributed by atoms with Crippen LogP contribution in [0.2, 0.25) is 0 Å². The summed E-state index contributed by atoms with van der Waals surface area (Å²) in [5.41, 5.74) is 5.08. The van der Waals surface area contributed by atoms with Crippen molar-refractivity contribution in [2.75, 3.05) is 21.3 Å². The minimum atomic E-state index is -1.58. The maximum atomic E-state index is 15.2. The van der Waals surface area contributed by atoms with Gasteiger partial charge in [-0.25, -0.2) is 26.3 Å². The van der Waals surface area contributed by atoms with E-state index in [9.17, 15) is 8.78 Å². The highest BCUT2D eigenvalue weighted by atomic mass is 79.9. The zero-order valence-corrected chi connectivity index (χ0v) is 34.3. The van der Waals surface area contributed by atoms with Gasteiger partial charge in [0.15, 0.2) is 34.9 Å². The van der Waals surface area contributed by atoms with Crippen LogP contribution in [0.4, 0.5) is 26.3 Å². The van der Waals surface area contributed by atoms with Crippen molar-refractivity contribution < 1.29 is 57.3 Å². The summed E-state index contributed by atoms with van der Waals surface area (Å²) in [4.78, 5) is 0. The van der Waals surface area contributed by atoms with Crippen LogP contribution in [0.1, 0.15) is 82.3 Å². The second-order valence-electron chi connectivity index (χ2n) is 16.6. The lowest BCUT2D eigenvalue weighted by atomic mass is 9.76. The molecule has 0 bridgehead atoms. The van der Waals surface area contributed by atoms with Gasteiger partial charge in [-0.1, -0.05) is 71.9 Å². The van der Waals surface area contributed by atoms with Crippen molar-refractivity contribution in [1.82, 2.24) is 0 Å². The smallest absolute Gasteiger partial charge is 0.194 e. The molecule has 3 nitrogen and oxygen atoms in total. The number of fused-ring (bicyclic) bond motifs is 3. The van der Waals surface area contributed by atoms with Gasteiger partial charge >= 0.3 is 0 Å². The third-order valence-electron chi connectivity index (χ3n) is 10.9. The average Bonchev–Trinajstić information content (AvgIpc) is 3.23. The highest BCUT2D eigenvalue weighted by molar-refractivity contribution is 5.91. The van der Waals surface area contributed by atoms with Crippen LogP contribution in [0.15, 0.2) is 66.7 Å². The van der Waals surface area contributed by atoms with Gasteiger partial charge in [-0.15, -0.1) is 0 Å². The van der Waals surface area contributed by atoms with E-state index in [-0.39, 0.29) is 51.7 Å². The lowest BCUT2D eigenvalue weighted by Gasteiger charge is -2.41. The maximum absolute atomic E-state index is 15.2. The van der Waals surface area contributed by atoms with E-state index >= 15 is 17.6 Å². The molecule has 5 aromatic rings. The first-order valence-corrected chi connectivity index (χ1v) is 17.9. The Morgan fingerprint density at radius 2 is 0.927 bits per heavy atom. The number of rotatable bonds is 6. The van der Waals surface area contributed by atoms with Crippen molar-refractivity contribution in [2.45, 2.75) is 78.4 Å². The molecule has 0 saturated carbocycles. The molecule has 1 aliphatic heterocycles. The molecule has 0 N–H and O–H groups in total. The van der Waals surface area contributed by atoms with E-state index in [1.807, 2.05) is 84.0 Å². The summed E-state index contributed by atoms with van der Waals surface area (Å²) in [7, 11) is 5.05. The Kier molecular flexibility index (Phi) is 11.4. The van der Waals surface area contributed by atoms with Crippen molar-refractivity contribution in [2.24, 2.45) is 0 Å². The molecule has 0 unspecified atom stereocenters. The zero-order valence-electron chi connectivity index (χ0n) is 32.8. The van der Waals surface area contributed by atoms with Crippen LogP contribution >= 0.6 is 0 Å². The van der Waals surface area contributed by atoms with Gasteiger partial charge in [0.2, 0.25) is 0 Å². The average molecular weight is 827 g/mol. The Labute approximate surface area is 330 Å². The lowest BCUT2D eigenvalue weighted by molar-refractivity contribution is -0.962. The quantitative estimate of drug-likeness (QED) is 0.0966. The normalized spacial score (nSPS) is 14.3. The molecule has 0 aliphatic carbocycles. The summed E-state index contributed by atoms with van der Waals surface area (Å²) in [5, 5.41) is 0. The van der Waals surface area contributed by atoms with E-state index in [0.29, 0.717) is 44.9 Å². The van der Waals surface area contributed by atoms with E-state index in [0.717, 1.165) is 41.0 Å². The van der Waals surface area contributed by atoms with Gasteiger partial charge in [0, 0.05) is 38.9 Å². The molecule has 1 atom stereocenters. The first-order chi connectivity index (χ1) is 25.2. The fourth-order valence-corrected chi connectivity index (χ4v) is 7.91. The number of ether oxygens (including phenoxy) is 2. The van der Waals surface area contributed by atoms with Crippen molar-refractivity contribution in [3.05, 3.63) is 129 Å². The number of halogens is 7. The van der Waals surface area contributed by atoms with E-state index in [4.69, 9.17) is 9.47 Å². The Bertz CT molecular complexity index is 2100. The largest absolute Gasteiger partial charge is 1.00 e. The fourth-order valence-electron chi connectivity index (χ4n) is 7.91. The Morgan fingerprint density at radius 1 is 0.582 bits per heavy atom. The molecule has 55 heavy (non-hydrogen) atoms. The van der Waals surface area contributed by atoms with Crippen LogP contribution in [0.5, 0.6) is 11.5 Å². The topological polar surface area (TPSA) is 18.5 Å². The van der Waals surface area contributed by atoms with Crippen molar-refractivity contribution in [3.8, 4) is 44.9 Å². The molecule has 0 aromatic heterocycles. The molecule has 292 valence electrons. The number of hydrogen-bond acceptors (Lipinski definition) is 2. The van der Waals surface area contributed by atoms with Gasteiger partial charge in [0.25, 0.3) is 0 Å². The summed E-state index contributed by atoms with van der Waals surface area (Å²) < 4.78 is 102. The lowest BCUT2D eigenvalue weighted by Crippen LogP contribution is -3.00. The van der Waals surface area contributed by atoms with E-state index < -0.39 is 45.7 Å². The standard InChI is InChI=1S/C45H46F6NO2.BrH/c1-24(25-14-12-11-13-15-25)52(8)22-30-28(20-32(44(2,3)4)42(53-9)38(30)26-16-34(46)40(50)35(47)17-26)29-21-33(45(5,6)7)43(54-10)39(31(29)23-52)27-18-36(48)41(51)37(49)19-27;/h11-21,24H,22-23H2,1-10H3;1H/q+1;/p-1/t24-;/m1./s1. The number of quaternary nitrogens is 1. The third-order valence-corrected chi connectivity index (χ3v) is 10.9. The van der Waals surface area contributed by atoms with Crippen molar-refractivity contribution in [3.63, 3.8) is 0 Å². The number of nitrogens with zero attached hydrogens (tertiary/aromatic N) is 1. The predicted molar refractivity (Wildman–Crippen MR) is 201 cm³/mol. The van der Waals surface area contributed by atoms with Crippen LogP contribution in [0.3, 0.4) is 0 Å². The van der Waals surface area contributed by atoms with Gasteiger partial charge in [0.1, 0.15) is 30.6 Å². The van der Waals surface area contributed by atoms with Gasteiger partial charge in [0.05, 0.1) is 21.3 Å². The zero-order chi connectivity index (χ0) is 39.7. The van der Waals surface area contributed by atoms with E-state index in [2.05, 4.69) is 14.0 Å². The Balaban J connectivity index is 0.00000580. The van der Waals surface area contributed by atoms with Gasteiger partial charge in [-0.2, -0.15) is 0 Å². The van der Waals surface area contributed by atoms with Crippen LogP contribution in [-0.4, -0.2) is 25.8 Å². The van der Waals surface area contributed by atoms with Gasteiger partial charge < -0.3 is 30.9 Å². The number of benzene rings is 5. The molecule has 0 spiro atoms. The molecule has 10 heteroatoms. The van der Waals surface area contributed by atoms with Crippen LogP contribution in [0, 0.1) is 34.9 Å². The molecule has 0 amide bonds. The number of hydrogen-bond donors (Lipinski definition) is 0. The molecule has 0 fully saturated rings. The van der Waals surface area contributed by atoms with E-state index in [1.165, 1.54) is 14.2 Å². The second kappa shape index (κ2) is 15.0. The molecule has 0 saturated heterocycles. The molecule has 1 heterocycles. The van der Waals surface area contributed by atoms with Crippen LogP contribution in [0.25, 0.3) is 33.4 Å². The monoisotopic (exact) mass is 825 g/mol. The van der Waals surface area contributed by atoms with Crippen LogP contribution in [-0.2, 0) is 23.9 Å². The molecule has 6 rings (SSSR count).